The molecule has 19 heavy (non-hydrogen) atoms. The smallest absolute Gasteiger partial charge is 0.176 e. The number of phenols is 1. The maximum Gasteiger partial charge on any atom is 0.176 e. The molecule has 1 aromatic rings. The van der Waals surface area contributed by atoms with Gasteiger partial charge in [-0.05, 0) is 13.1 Å². The van der Waals surface area contributed by atoms with Gasteiger partial charge in [0.05, 0.1) is 18.7 Å². The van der Waals surface area contributed by atoms with Gasteiger partial charge in [-0.25, -0.2) is 0 Å². The molecule has 0 aliphatic carbocycles. The Morgan fingerprint density at radius 2 is 1.89 bits per heavy atom. The highest BCUT2D eigenvalue weighted by atomic mass is 16.5. The van der Waals surface area contributed by atoms with Gasteiger partial charge in [-0.15, -0.1) is 0 Å². The summed E-state index contributed by atoms with van der Waals surface area (Å²) in [6.45, 7) is 6.07. The fraction of sp³-hybridized carbons (Fsp3) is 0.429. The Morgan fingerprint density at radius 3 is 2.32 bits per heavy atom. The van der Waals surface area contributed by atoms with Gasteiger partial charge < -0.3 is 9.84 Å². The second-order valence-corrected chi connectivity index (χ2v) is 4.01. The highest BCUT2D eigenvalue weighted by Gasteiger charge is 2.19. The highest BCUT2D eigenvalue weighted by molar-refractivity contribution is 5.61. The fourth-order valence-electron chi connectivity index (χ4n) is 1.90. The van der Waals surface area contributed by atoms with Gasteiger partial charge in [-0.3, -0.25) is 4.90 Å². The monoisotopic (exact) mass is 259 g/mol. The van der Waals surface area contributed by atoms with Crippen LogP contribution >= 0.6 is 0 Å². The van der Waals surface area contributed by atoms with Crippen molar-refractivity contribution in [3.05, 3.63) is 22.8 Å². The molecule has 5 heteroatoms. The van der Waals surface area contributed by atoms with E-state index in [1.54, 1.807) is 0 Å². The van der Waals surface area contributed by atoms with Crippen molar-refractivity contribution >= 4 is 0 Å². The van der Waals surface area contributed by atoms with Crippen LogP contribution in [0.1, 0.15) is 30.5 Å². The van der Waals surface area contributed by atoms with Crippen LogP contribution in [0, 0.1) is 22.7 Å². The van der Waals surface area contributed by atoms with Gasteiger partial charge in [-0.1, -0.05) is 13.8 Å². The van der Waals surface area contributed by atoms with E-state index in [1.807, 2.05) is 19.9 Å². The first-order chi connectivity index (χ1) is 9.12. The summed E-state index contributed by atoms with van der Waals surface area (Å²) in [5.41, 5.74) is 1.02. The summed E-state index contributed by atoms with van der Waals surface area (Å²) in [6, 6.07) is 5.48. The van der Waals surface area contributed by atoms with Gasteiger partial charge >= 0.3 is 0 Å². The van der Waals surface area contributed by atoms with Crippen LogP contribution in [0.5, 0.6) is 11.5 Å². The Bertz CT molecular complexity index is 537. The molecule has 0 saturated heterocycles. The molecule has 0 aliphatic heterocycles. The van der Waals surface area contributed by atoms with Crippen LogP contribution in [0.2, 0.25) is 0 Å². The Balaban J connectivity index is 3.41. The molecular weight excluding hydrogens is 242 g/mol. The van der Waals surface area contributed by atoms with Gasteiger partial charge in [0.1, 0.15) is 11.6 Å². The van der Waals surface area contributed by atoms with Gasteiger partial charge in [0.2, 0.25) is 0 Å². The number of phenolic OH excluding ortho intramolecular Hbond substituents is 1. The van der Waals surface area contributed by atoms with E-state index in [2.05, 4.69) is 11.0 Å². The number of hydrogen-bond acceptors (Lipinski definition) is 5. The van der Waals surface area contributed by atoms with Crippen molar-refractivity contribution in [3.63, 3.8) is 0 Å². The van der Waals surface area contributed by atoms with Crippen LogP contribution < -0.4 is 4.74 Å². The third-order valence-electron chi connectivity index (χ3n) is 3.10. The van der Waals surface area contributed by atoms with E-state index in [-0.39, 0.29) is 17.1 Å². The standard InChI is InChI=1S/C14H17N3O2/c1-4-17(5-2)9-12-10(7-15)6-13(19-3)14(18)11(12)8-16/h6,18H,4-5,9H2,1-3H3. The molecule has 100 valence electrons. The van der Waals surface area contributed by atoms with Crippen LogP contribution in [-0.4, -0.2) is 30.2 Å². The number of nitriles is 2. The summed E-state index contributed by atoms with van der Waals surface area (Å²) >= 11 is 0. The first kappa shape index (κ1) is 14.8. The number of hydrogen-bond donors (Lipinski definition) is 1. The topological polar surface area (TPSA) is 80.3 Å². The van der Waals surface area contributed by atoms with Gasteiger partial charge in [-0.2, -0.15) is 10.5 Å². The molecule has 5 nitrogen and oxygen atoms in total. The zero-order chi connectivity index (χ0) is 14.4. The molecule has 0 unspecified atom stereocenters. The average molecular weight is 259 g/mol. The predicted octanol–water partition coefficient (Wildman–Crippen LogP) is 1.99. The van der Waals surface area contributed by atoms with E-state index in [0.717, 1.165) is 13.1 Å². The molecule has 1 aromatic carbocycles. The van der Waals surface area contributed by atoms with Crippen molar-refractivity contribution in [1.82, 2.24) is 4.90 Å². The Kier molecular flexibility index (Phi) is 5.17. The largest absolute Gasteiger partial charge is 0.503 e. The summed E-state index contributed by atoms with van der Waals surface area (Å²) in [4.78, 5) is 2.07. The first-order valence-corrected chi connectivity index (χ1v) is 6.08. The molecule has 0 fully saturated rings. The van der Waals surface area contributed by atoms with Crippen molar-refractivity contribution in [1.29, 1.82) is 10.5 Å². The van der Waals surface area contributed by atoms with E-state index >= 15 is 0 Å². The summed E-state index contributed by atoms with van der Waals surface area (Å²) in [7, 11) is 1.39. The van der Waals surface area contributed by atoms with Crippen LogP contribution in [0.4, 0.5) is 0 Å². The Morgan fingerprint density at radius 1 is 1.26 bits per heavy atom. The van der Waals surface area contributed by atoms with Crippen molar-refractivity contribution in [2.75, 3.05) is 20.2 Å². The lowest BCUT2D eigenvalue weighted by Crippen LogP contribution is -2.23. The van der Waals surface area contributed by atoms with Crippen LogP contribution in [0.15, 0.2) is 6.07 Å². The quantitative estimate of drug-likeness (QED) is 0.874. The van der Waals surface area contributed by atoms with Crippen molar-refractivity contribution in [3.8, 4) is 23.6 Å². The van der Waals surface area contributed by atoms with E-state index in [4.69, 9.17) is 4.74 Å². The number of nitrogens with zero attached hydrogens (tertiary/aromatic N) is 3. The maximum absolute atomic E-state index is 9.97. The fourth-order valence-corrected chi connectivity index (χ4v) is 1.90. The Hall–Kier alpha value is -2.24. The van der Waals surface area contributed by atoms with Gasteiger partial charge in [0, 0.05) is 18.2 Å². The zero-order valence-electron chi connectivity index (χ0n) is 11.4. The molecule has 0 saturated carbocycles. The van der Waals surface area contributed by atoms with Crippen molar-refractivity contribution < 1.29 is 9.84 Å². The Labute approximate surface area is 113 Å². The minimum absolute atomic E-state index is 0.114. The lowest BCUT2D eigenvalue weighted by atomic mass is 10.00. The third-order valence-corrected chi connectivity index (χ3v) is 3.10. The lowest BCUT2D eigenvalue weighted by Gasteiger charge is -2.20. The van der Waals surface area contributed by atoms with Gasteiger partial charge in [0.15, 0.2) is 11.5 Å². The molecule has 0 atom stereocenters. The molecule has 0 radical (unpaired) electrons. The van der Waals surface area contributed by atoms with Crippen LogP contribution in [-0.2, 0) is 6.54 Å². The van der Waals surface area contributed by atoms with Crippen LogP contribution in [0.3, 0.4) is 0 Å². The normalized spacial score (nSPS) is 10.0. The summed E-state index contributed by atoms with van der Waals surface area (Å²) in [6.07, 6.45) is 0. The van der Waals surface area contributed by atoms with E-state index in [1.165, 1.54) is 13.2 Å². The van der Waals surface area contributed by atoms with Crippen molar-refractivity contribution in [2.45, 2.75) is 20.4 Å². The van der Waals surface area contributed by atoms with E-state index in [9.17, 15) is 15.6 Å². The molecule has 1 rings (SSSR count). The average Bonchev–Trinajstić information content (AvgIpc) is 2.44. The summed E-state index contributed by atoms with van der Waals surface area (Å²) in [5.74, 6) is -0.0532. The highest BCUT2D eigenvalue weighted by Crippen LogP contribution is 2.34. The molecule has 0 aromatic heterocycles. The predicted molar refractivity (Wildman–Crippen MR) is 70.7 cm³/mol. The van der Waals surface area contributed by atoms with Crippen LogP contribution in [0.25, 0.3) is 0 Å². The summed E-state index contributed by atoms with van der Waals surface area (Å²) in [5, 5.41) is 28.4. The maximum atomic E-state index is 9.97. The SMILES string of the molecule is CCN(CC)Cc1c(C#N)cc(OC)c(O)c1C#N. The van der Waals surface area contributed by atoms with Crippen molar-refractivity contribution in [2.24, 2.45) is 0 Å². The summed E-state index contributed by atoms with van der Waals surface area (Å²) < 4.78 is 4.98. The molecule has 1 N–H and O–H groups in total. The molecule has 0 bridgehead atoms. The minimum Gasteiger partial charge on any atom is -0.503 e. The second-order valence-electron chi connectivity index (χ2n) is 4.01. The third kappa shape index (κ3) is 2.96. The van der Waals surface area contributed by atoms with E-state index in [0.29, 0.717) is 17.7 Å². The first-order valence-electron chi connectivity index (χ1n) is 6.08. The number of benzene rings is 1. The minimum atomic E-state index is -0.203. The number of methoxy groups -OCH3 is 1. The second kappa shape index (κ2) is 6.63. The molecule has 0 heterocycles. The molecule has 0 spiro atoms. The number of aromatic hydroxyl groups is 1. The number of ether oxygens (including phenoxy) is 1. The number of rotatable bonds is 5. The van der Waals surface area contributed by atoms with Gasteiger partial charge in [0.25, 0.3) is 0 Å². The molecule has 0 aliphatic rings. The molecule has 0 amide bonds. The van der Waals surface area contributed by atoms with E-state index < -0.39 is 0 Å². The molecular formula is C14H17N3O2. The zero-order valence-corrected chi connectivity index (χ0v) is 11.4. The lowest BCUT2D eigenvalue weighted by molar-refractivity contribution is 0.294.